The number of piperidine rings is 1. The number of hydrogen-bond acceptors (Lipinski definition) is 4. The standard InChI is InChI=1S/C19H29N5O/c1-6-14(3)24-18-17(12-20-24)16(11-13(2)21-18)19(25)23(5)15-7-9-22(4)10-8-15/h11-12,14-15H,6-10H2,1-5H3/t14-/m0/s1. The smallest absolute Gasteiger partial charge is 0.254 e. The molecule has 1 aliphatic heterocycles. The van der Waals surface area contributed by atoms with Crippen molar-refractivity contribution < 1.29 is 4.79 Å². The van der Waals surface area contributed by atoms with Crippen LogP contribution in [0.15, 0.2) is 12.3 Å². The predicted octanol–water partition coefficient (Wildman–Crippen LogP) is 2.88. The van der Waals surface area contributed by atoms with Gasteiger partial charge < -0.3 is 9.80 Å². The Labute approximate surface area is 149 Å². The van der Waals surface area contributed by atoms with E-state index >= 15 is 0 Å². The van der Waals surface area contributed by atoms with Gasteiger partial charge in [0, 0.05) is 18.8 Å². The first-order valence-electron chi connectivity index (χ1n) is 9.23. The molecule has 0 saturated carbocycles. The molecule has 0 aliphatic carbocycles. The Balaban J connectivity index is 1.94. The lowest BCUT2D eigenvalue weighted by Crippen LogP contribution is -2.44. The fourth-order valence-electron chi connectivity index (χ4n) is 3.55. The number of aryl methyl sites for hydroxylation is 1. The average Bonchev–Trinajstić information content (AvgIpc) is 3.03. The summed E-state index contributed by atoms with van der Waals surface area (Å²) in [6.07, 6.45) is 4.82. The number of nitrogens with zero attached hydrogens (tertiary/aromatic N) is 5. The highest BCUT2D eigenvalue weighted by molar-refractivity contribution is 6.05. The van der Waals surface area contributed by atoms with Crippen LogP contribution in [0.2, 0.25) is 0 Å². The molecule has 3 heterocycles. The predicted molar refractivity (Wildman–Crippen MR) is 99.9 cm³/mol. The van der Waals surface area contributed by atoms with Crippen LogP contribution in [0.1, 0.15) is 55.2 Å². The Kier molecular flexibility index (Phi) is 5.08. The van der Waals surface area contributed by atoms with Crippen LogP contribution < -0.4 is 0 Å². The van der Waals surface area contributed by atoms with Crippen molar-refractivity contribution in [3.63, 3.8) is 0 Å². The van der Waals surface area contributed by atoms with Crippen molar-refractivity contribution >= 4 is 16.9 Å². The fraction of sp³-hybridized carbons (Fsp3) is 0.632. The van der Waals surface area contributed by atoms with Crippen molar-refractivity contribution in [2.75, 3.05) is 27.2 Å². The van der Waals surface area contributed by atoms with E-state index in [2.05, 4.69) is 35.9 Å². The zero-order valence-corrected chi connectivity index (χ0v) is 16.0. The van der Waals surface area contributed by atoms with Crippen molar-refractivity contribution in [1.82, 2.24) is 24.6 Å². The lowest BCUT2D eigenvalue weighted by molar-refractivity contribution is 0.0661. The highest BCUT2D eigenvalue weighted by Gasteiger charge is 2.27. The molecule has 2 aromatic heterocycles. The van der Waals surface area contributed by atoms with Crippen molar-refractivity contribution in [1.29, 1.82) is 0 Å². The molecular formula is C19H29N5O. The van der Waals surface area contributed by atoms with E-state index in [-0.39, 0.29) is 11.9 Å². The number of fused-ring (bicyclic) bond motifs is 1. The molecular weight excluding hydrogens is 314 g/mol. The second-order valence-electron chi connectivity index (χ2n) is 7.35. The van der Waals surface area contributed by atoms with Gasteiger partial charge in [-0.2, -0.15) is 5.10 Å². The lowest BCUT2D eigenvalue weighted by Gasteiger charge is -2.35. The number of pyridine rings is 1. The zero-order valence-electron chi connectivity index (χ0n) is 16.0. The lowest BCUT2D eigenvalue weighted by atomic mass is 10.0. The minimum absolute atomic E-state index is 0.0776. The number of carbonyl (C=O) groups is 1. The molecule has 1 saturated heterocycles. The molecule has 3 rings (SSSR count). The van der Waals surface area contributed by atoms with E-state index in [9.17, 15) is 4.79 Å². The SMILES string of the molecule is CC[C@H](C)n1ncc2c(C(=O)N(C)C3CCN(C)CC3)cc(C)nc21. The third-order valence-corrected chi connectivity index (χ3v) is 5.49. The van der Waals surface area contributed by atoms with E-state index in [0.717, 1.165) is 54.6 Å². The quantitative estimate of drug-likeness (QED) is 0.856. The third-order valence-electron chi connectivity index (χ3n) is 5.49. The first kappa shape index (κ1) is 17.9. The van der Waals surface area contributed by atoms with Gasteiger partial charge in [0.1, 0.15) is 0 Å². The normalized spacial score (nSPS) is 17.8. The fourth-order valence-corrected chi connectivity index (χ4v) is 3.55. The molecule has 1 aliphatic rings. The summed E-state index contributed by atoms with van der Waals surface area (Å²) in [6.45, 7) is 8.29. The summed E-state index contributed by atoms with van der Waals surface area (Å²) in [7, 11) is 4.07. The van der Waals surface area contributed by atoms with Gasteiger partial charge >= 0.3 is 0 Å². The van der Waals surface area contributed by atoms with Gasteiger partial charge in [0.2, 0.25) is 0 Å². The number of rotatable bonds is 4. The Hall–Kier alpha value is -1.95. The van der Waals surface area contributed by atoms with Crippen LogP contribution in [-0.2, 0) is 0 Å². The van der Waals surface area contributed by atoms with Crippen LogP contribution in [0.5, 0.6) is 0 Å². The maximum absolute atomic E-state index is 13.2. The van der Waals surface area contributed by atoms with E-state index < -0.39 is 0 Å². The molecule has 0 spiro atoms. The summed E-state index contributed by atoms with van der Waals surface area (Å²) in [5.74, 6) is 0.0776. The van der Waals surface area contributed by atoms with Gasteiger partial charge in [-0.15, -0.1) is 0 Å². The molecule has 2 aromatic rings. The topological polar surface area (TPSA) is 54.3 Å². The van der Waals surface area contributed by atoms with Gasteiger partial charge in [0.15, 0.2) is 5.65 Å². The van der Waals surface area contributed by atoms with E-state index in [0.29, 0.717) is 6.04 Å². The van der Waals surface area contributed by atoms with Crippen molar-refractivity contribution in [2.45, 2.75) is 52.1 Å². The second-order valence-corrected chi connectivity index (χ2v) is 7.35. The molecule has 6 heteroatoms. The van der Waals surface area contributed by atoms with Crippen LogP contribution in [0.3, 0.4) is 0 Å². The van der Waals surface area contributed by atoms with Crippen LogP contribution >= 0.6 is 0 Å². The molecule has 0 unspecified atom stereocenters. The summed E-state index contributed by atoms with van der Waals surface area (Å²) in [5, 5.41) is 5.37. The first-order chi connectivity index (χ1) is 11.9. The second kappa shape index (κ2) is 7.12. The van der Waals surface area contributed by atoms with E-state index in [1.165, 1.54) is 0 Å². The van der Waals surface area contributed by atoms with Gasteiger partial charge in [-0.1, -0.05) is 6.92 Å². The molecule has 1 amide bonds. The molecule has 0 N–H and O–H groups in total. The monoisotopic (exact) mass is 343 g/mol. The summed E-state index contributed by atoms with van der Waals surface area (Å²) in [5.41, 5.74) is 2.39. The van der Waals surface area contributed by atoms with Gasteiger partial charge in [0.25, 0.3) is 5.91 Å². The average molecular weight is 343 g/mol. The Morgan fingerprint density at radius 1 is 1.40 bits per heavy atom. The molecule has 6 nitrogen and oxygen atoms in total. The third kappa shape index (κ3) is 3.40. The maximum atomic E-state index is 13.2. The van der Waals surface area contributed by atoms with Crippen LogP contribution in [-0.4, -0.2) is 63.7 Å². The van der Waals surface area contributed by atoms with Crippen LogP contribution in [0.4, 0.5) is 0 Å². The van der Waals surface area contributed by atoms with Crippen molar-refractivity contribution in [3.8, 4) is 0 Å². The van der Waals surface area contributed by atoms with E-state index in [1.807, 2.05) is 29.6 Å². The number of aromatic nitrogens is 3. The number of likely N-dealkylation sites (tertiary alicyclic amines) is 1. The highest BCUT2D eigenvalue weighted by atomic mass is 16.2. The van der Waals surface area contributed by atoms with Gasteiger partial charge in [-0.25, -0.2) is 9.67 Å². The molecule has 1 fully saturated rings. The van der Waals surface area contributed by atoms with Gasteiger partial charge in [-0.3, -0.25) is 4.79 Å². The van der Waals surface area contributed by atoms with E-state index in [1.54, 1.807) is 6.20 Å². The van der Waals surface area contributed by atoms with Gasteiger partial charge in [0.05, 0.1) is 23.2 Å². The minimum Gasteiger partial charge on any atom is -0.339 e. The summed E-state index contributed by atoms with van der Waals surface area (Å²) in [4.78, 5) is 22.1. The number of carbonyl (C=O) groups excluding carboxylic acids is 1. The van der Waals surface area contributed by atoms with Crippen molar-refractivity contribution in [3.05, 3.63) is 23.5 Å². The van der Waals surface area contributed by atoms with Crippen molar-refractivity contribution in [2.24, 2.45) is 0 Å². The molecule has 0 bridgehead atoms. The molecule has 1 atom stereocenters. The Morgan fingerprint density at radius 2 is 2.08 bits per heavy atom. The zero-order chi connectivity index (χ0) is 18.1. The summed E-state index contributed by atoms with van der Waals surface area (Å²) >= 11 is 0. The molecule has 0 radical (unpaired) electrons. The molecule has 0 aromatic carbocycles. The number of amides is 1. The van der Waals surface area contributed by atoms with Gasteiger partial charge in [-0.05, 0) is 59.3 Å². The molecule has 25 heavy (non-hydrogen) atoms. The summed E-state index contributed by atoms with van der Waals surface area (Å²) < 4.78 is 1.94. The van der Waals surface area contributed by atoms with Crippen LogP contribution in [0, 0.1) is 6.92 Å². The van der Waals surface area contributed by atoms with E-state index in [4.69, 9.17) is 0 Å². The number of hydrogen-bond donors (Lipinski definition) is 0. The summed E-state index contributed by atoms with van der Waals surface area (Å²) in [6, 6.07) is 2.47. The Morgan fingerprint density at radius 3 is 2.72 bits per heavy atom. The molecule has 136 valence electrons. The maximum Gasteiger partial charge on any atom is 0.254 e. The highest BCUT2D eigenvalue weighted by Crippen LogP contribution is 2.25. The first-order valence-corrected chi connectivity index (χ1v) is 9.23. The Bertz CT molecular complexity index is 761. The van der Waals surface area contributed by atoms with Crippen LogP contribution in [0.25, 0.3) is 11.0 Å². The largest absolute Gasteiger partial charge is 0.339 e. The minimum atomic E-state index is 0.0776.